The van der Waals surface area contributed by atoms with E-state index in [0.717, 1.165) is 4.47 Å². The van der Waals surface area contributed by atoms with Crippen molar-refractivity contribution in [2.24, 2.45) is 5.10 Å². The molecule has 0 bridgehead atoms. The van der Waals surface area contributed by atoms with Crippen molar-refractivity contribution in [1.29, 1.82) is 0 Å². The van der Waals surface area contributed by atoms with Gasteiger partial charge in [-0.3, -0.25) is 4.79 Å². The van der Waals surface area contributed by atoms with Crippen molar-refractivity contribution < 1.29 is 19.0 Å². The molecule has 0 fully saturated rings. The van der Waals surface area contributed by atoms with Crippen molar-refractivity contribution in [3.05, 3.63) is 52.0 Å². The topological polar surface area (TPSA) is 69.2 Å². The molecule has 0 unspecified atom stereocenters. The maximum Gasteiger partial charge on any atom is 0.271 e. The van der Waals surface area contributed by atoms with Crippen molar-refractivity contribution in [2.75, 3.05) is 13.4 Å². The van der Waals surface area contributed by atoms with Gasteiger partial charge < -0.3 is 14.2 Å². The number of nitrogens with one attached hydrogen (secondary N) is 1. The summed E-state index contributed by atoms with van der Waals surface area (Å²) in [6.45, 7) is 0.300. The van der Waals surface area contributed by atoms with Gasteiger partial charge in [0.25, 0.3) is 5.91 Å². The Morgan fingerprint density at radius 2 is 2.16 bits per heavy atom. The second kappa shape index (κ2) is 7.73. The average Bonchev–Trinajstić information content (AvgIpc) is 3.08. The third kappa shape index (κ3) is 4.11. The fraction of sp³-hybridized carbons (Fsp3) is 0.111. The summed E-state index contributed by atoms with van der Waals surface area (Å²) in [5.74, 6) is 3.76. The summed E-state index contributed by atoms with van der Waals surface area (Å²) >= 11 is 3.38. The number of hydrogen-bond acceptors (Lipinski definition) is 5. The lowest BCUT2D eigenvalue weighted by Crippen LogP contribution is -2.17. The van der Waals surface area contributed by atoms with Gasteiger partial charge in [0.1, 0.15) is 12.4 Å². The van der Waals surface area contributed by atoms with Gasteiger partial charge in [0.2, 0.25) is 6.79 Å². The summed E-state index contributed by atoms with van der Waals surface area (Å²) in [5.41, 5.74) is 3.56. The number of halogens is 1. The summed E-state index contributed by atoms with van der Waals surface area (Å²) < 4.78 is 16.8. The van der Waals surface area contributed by atoms with Crippen molar-refractivity contribution in [1.82, 2.24) is 5.43 Å². The fourth-order valence-electron chi connectivity index (χ4n) is 2.13. The van der Waals surface area contributed by atoms with Crippen molar-refractivity contribution >= 4 is 28.1 Å². The van der Waals surface area contributed by atoms with Gasteiger partial charge in [-0.1, -0.05) is 21.9 Å². The molecule has 1 N–H and O–H groups in total. The standard InChI is InChI=1S/C18H13BrN2O4/c1-2-7-23-15-6-4-14(19)8-13(15)10-20-21-18(22)12-3-5-16-17(9-12)25-11-24-16/h1,3-6,8-10H,7,11H2,(H,21,22)/b20-10+. The van der Waals surface area contributed by atoms with Gasteiger partial charge in [-0.05, 0) is 36.4 Å². The highest BCUT2D eigenvalue weighted by molar-refractivity contribution is 9.10. The molecular weight excluding hydrogens is 388 g/mol. The summed E-state index contributed by atoms with van der Waals surface area (Å²) in [4.78, 5) is 12.2. The largest absolute Gasteiger partial charge is 0.480 e. The predicted molar refractivity (Wildman–Crippen MR) is 96.1 cm³/mol. The minimum atomic E-state index is -0.365. The Hall–Kier alpha value is -2.98. The van der Waals surface area contributed by atoms with Crippen LogP contribution in [0.25, 0.3) is 0 Å². The van der Waals surface area contributed by atoms with Gasteiger partial charge in [-0.2, -0.15) is 5.10 Å². The molecule has 0 aliphatic carbocycles. The van der Waals surface area contributed by atoms with Crippen LogP contribution in [0.5, 0.6) is 17.2 Å². The molecule has 0 saturated carbocycles. The zero-order valence-corrected chi connectivity index (χ0v) is 14.6. The molecule has 0 atom stereocenters. The number of carbonyl (C=O) groups excluding carboxylic acids is 1. The lowest BCUT2D eigenvalue weighted by molar-refractivity contribution is 0.0954. The van der Waals surface area contributed by atoms with Gasteiger partial charge >= 0.3 is 0 Å². The van der Waals surface area contributed by atoms with Crippen LogP contribution >= 0.6 is 15.9 Å². The lowest BCUT2D eigenvalue weighted by Gasteiger charge is -2.06. The minimum Gasteiger partial charge on any atom is -0.480 e. The molecule has 1 heterocycles. The highest BCUT2D eigenvalue weighted by atomic mass is 79.9. The van der Waals surface area contributed by atoms with Crippen LogP contribution in [-0.4, -0.2) is 25.5 Å². The Bertz CT molecular complexity index is 874. The number of ether oxygens (including phenoxy) is 3. The zero-order valence-electron chi connectivity index (χ0n) is 13.0. The van der Waals surface area contributed by atoms with Crippen molar-refractivity contribution in [3.63, 3.8) is 0 Å². The number of benzene rings is 2. The van der Waals surface area contributed by atoms with Crippen LogP contribution in [0, 0.1) is 12.3 Å². The monoisotopic (exact) mass is 400 g/mol. The van der Waals surface area contributed by atoms with E-state index in [1.165, 1.54) is 6.21 Å². The van der Waals surface area contributed by atoms with E-state index < -0.39 is 0 Å². The van der Waals surface area contributed by atoms with Crippen LogP contribution in [0.3, 0.4) is 0 Å². The van der Waals surface area contributed by atoms with E-state index in [1.807, 2.05) is 12.1 Å². The smallest absolute Gasteiger partial charge is 0.271 e. The van der Waals surface area contributed by atoms with Crippen LogP contribution in [0.1, 0.15) is 15.9 Å². The fourth-order valence-corrected chi connectivity index (χ4v) is 2.51. The Morgan fingerprint density at radius 1 is 1.32 bits per heavy atom. The molecule has 25 heavy (non-hydrogen) atoms. The van der Waals surface area contributed by atoms with Crippen molar-refractivity contribution in [2.45, 2.75) is 0 Å². The molecule has 0 spiro atoms. The summed E-state index contributed by atoms with van der Waals surface area (Å²) in [7, 11) is 0. The molecule has 1 amide bonds. The van der Waals surface area contributed by atoms with E-state index in [1.54, 1.807) is 24.3 Å². The first-order valence-corrected chi connectivity index (χ1v) is 8.05. The molecule has 7 heteroatoms. The maximum absolute atomic E-state index is 12.2. The van der Waals surface area contributed by atoms with E-state index in [-0.39, 0.29) is 19.3 Å². The van der Waals surface area contributed by atoms with Crippen LogP contribution in [0.15, 0.2) is 46.0 Å². The molecule has 0 radical (unpaired) electrons. The van der Waals surface area contributed by atoms with Crippen LogP contribution in [0.2, 0.25) is 0 Å². The number of terminal acetylenes is 1. The van der Waals surface area contributed by atoms with E-state index in [2.05, 4.69) is 32.4 Å². The summed E-state index contributed by atoms with van der Waals surface area (Å²) in [5, 5.41) is 3.97. The molecule has 0 saturated heterocycles. The number of amides is 1. The van der Waals surface area contributed by atoms with Gasteiger partial charge in [0, 0.05) is 15.6 Å². The van der Waals surface area contributed by atoms with E-state index in [4.69, 9.17) is 20.6 Å². The predicted octanol–water partition coefficient (Wildman–Crippen LogP) is 2.95. The number of nitrogens with zero attached hydrogens (tertiary/aromatic N) is 1. The summed E-state index contributed by atoms with van der Waals surface area (Å²) in [6, 6.07) is 10.3. The quantitative estimate of drug-likeness (QED) is 0.475. The number of hydrazone groups is 1. The van der Waals surface area contributed by atoms with E-state index >= 15 is 0 Å². The first-order chi connectivity index (χ1) is 12.2. The Kier molecular flexibility index (Phi) is 5.21. The summed E-state index contributed by atoms with van der Waals surface area (Å²) in [6.07, 6.45) is 6.69. The minimum absolute atomic E-state index is 0.145. The number of hydrogen-bond donors (Lipinski definition) is 1. The SMILES string of the molecule is C#CCOc1ccc(Br)cc1/C=N/NC(=O)c1ccc2c(c1)OCO2. The highest BCUT2D eigenvalue weighted by Gasteiger charge is 2.15. The molecule has 126 valence electrons. The Morgan fingerprint density at radius 3 is 3.00 bits per heavy atom. The van der Waals surface area contributed by atoms with Gasteiger partial charge in [0.15, 0.2) is 11.5 Å². The molecule has 6 nitrogen and oxygen atoms in total. The van der Waals surface area contributed by atoms with Crippen LogP contribution in [0.4, 0.5) is 0 Å². The first-order valence-electron chi connectivity index (χ1n) is 7.26. The molecular formula is C18H13BrN2O4. The van der Waals surface area contributed by atoms with Crippen LogP contribution in [-0.2, 0) is 0 Å². The molecule has 2 aromatic carbocycles. The lowest BCUT2D eigenvalue weighted by atomic mass is 10.2. The Labute approximate surface area is 152 Å². The maximum atomic E-state index is 12.2. The van der Waals surface area contributed by atoms with Crippen LogP contribution < -0.4 is 19.6 Å². The number of fused-ring (bicyclic) bond motifs is 1. The molecule has 0 aromatic heterocycles. The Balaban J connectivity index is 1.69. The molecule has 2 aromatic rings. The number of carbonyl (C=O) groups is 1. The van der Waals surface area contributed by atoms with Gasteiger partial charge in [0.05, 0.1) is 6.21 Å². The van der Waals surface area contributed by atoms with E-state index in [9.17, 15) is 4.79 Å². The second-order valence-corrected chi connectivity index (χ2v) is 5.86. The highest BCUT2D eigenvalue weighted by Crippen LogP contribution is 2.32. The average molecular weight is 401 g/mol. The zero-order chi connectivity index (χ0) is 17.6. The van der Waals surface area contributed by atoms with Gasteiger partial charge in [-0.15, -0.1) is 6.42 Å². The van der Waals surface area contributed by atoms with E-state index in [0.29, 0.717) is 28.4 Å². The van der Waals surface area contributed by atoms with Crippen molar-refractivity contribution in [3.8, 4) is 29.6 Å². The third-order valence-electron chi connectivity index (χ3n) is 3.29. The number of rotatable bonds is 5. The second-order valence-electron chi connectivity index (χ2n) is 4.94. The molecule has 1 aliphatic heterocycles. The third-order valence-corrected chi connectivity index (χ3v) is 3.78. The normalized spacial score (nSPS) is 12.0. The molecule has 3 rings (SSSR count). The first kappa shape index (κ1) is 16.9. The molecule has 1 aliphatic rings. The van der Waals surface area contributed by atoms with Gasteiger partial charge in [-0.25, -0.2) is 5.43 Å².